The molecular formula is C14H20BrNO. The van der Waals surface area contributed by atoms with Crippen molar-refractivity contribution in [3.8, 4) is 5.75 Å². The molecule has 94 valence electrons. The molecule has 0 aromatic heterocycles. The molecule has 1 aliphatic rings. The molecule has 2 N–H and O–H groups in total. The second-order valence-corrected chi connectivity index (χ2v) is 5.92. The van der Waals surface area contributed by atoms with E-state index in [1.165, 1.54) is 24.8 Å². The van der Waals surface area contributed by atoms with Crippen molar-refractivity contribution >= 4 is 15.9 Å². The smallest absolute Gasteiger partial charge is 0.138 e. The predicted octanol–water partition coefficient (Wildman–Crippen LogP) is 3.96. The highest BCUT2D eigenvalue weighted by Gasteiger charge is 2.20. The van der Waals surface area contributed by atoms with Gasteiger partial charge in [-0.05, 0) is 60.2 Å². The van der Waals surface area contributed by atoms with E-state index >= 15 is 0 Å². The van der Waals surface area contributed by atoms with Crippen molar-refractivity contribution in [2.45, 2.75) is 39.2 Å². The van der Waals surface area contributed by atoms with Crippen LogP contribution in [0.15, 0.2) is 16.6 Å². The summed E-state index contributed by atoms with van der Waals surface area (Å²) in [6, 6.07) is 4.20. The van der Waals surface area contributed by atoms with Crippen LogP contribution in [-0.2, 0) is 0 Å². The van der Waals surface area contributed by atoms with E-state index in [-0.39, 0.29) is 6.04 Å². The van der Waals surface area contributed by atoms with Gasteiger partial charge >= 0.3 is 0 Å². The van der Waals surface area contributed by atoms with Gasteiger partial charge in [0.25, 0.3) is 0 Å². The van der Waals surface area contributed by atoms with E-state index in [9.17, 15) is 0 Å². The highest BCUT2D eigenvalue weighted by molar-refractivity contribution is 9.10. The molecule has 1 unspecified atom stereocenters. The molecule has 2 rings (SSSR count). The Hall–Kier alpha value is -0.540. The van der Waals surface area contributed by atoms with Crippen molar-refractivity contribution in [1.29, 1.82) is 0 Å². The van der Waals surface area contributed by atoms with Crippen LogP contribution < -0.4 is 10.5 Å². The van der Waals surface area contributed by atoms with Crippen LogP contribution in [0.5, 0.6) is 5.75 Å². The van der Waals surface area contributed by atoms with Gasteiger partial charge in [-0.15, -0.1) is 0 Å². The van der Waals surface area contributed by atoms with Crippen molar-refractivity contribution in [3.63, 3.8) is 0 Å². The van der Waals surface area contributed by atoms with Gasteiger partial charge in [-0.1, -0.05) is 12.5 Å². The number of nitrogens with two attached hydrogens (primary N) is 1. The number of rotatable bonds is 4. The van der Waals surface area contributed by atoms with E-state index in [2.05, 4.69) is 35.0 Å². The second-order valence-electron chi connectivity index (χ2n) is 5.06. The number of hydrogen-bond donors (Lipinski definition) is 1. The monoisotopic (exact) mass is 297 g/mol. The first-order valence-electron chi connectivity index (χ1n) is 6.26. The van der Waals surface area contributed by atoms with Crippen LogP contribution in [0.25, 0.3) is 0 Å². The average Bonchev–Trinajstić information content (AvgIpc) is 2.17. The zero-order chi connectivity index (χ0) is 12.4. The van der Waals surface area contributed by atoms with Crippen LogP contribution in [0.1, 0.15) is 43.4 Å². The summed E-state index contributed by atoms with van der Waals surface area (Å²) in [5.74, 6) is 1.67. The Kier molecular flexibility index (Phi) is 4.10. The van der Waals surface area contributed by atoms with Gasteiger partial charge in [0.15, 0.2) is 0 Å². The zero-order valence-electron chi connectivity index (χ0n) is 10.5. The number of benzene rings is 1. The fourth-order valence-electron chi connectivity index (χ4n) is 2.11. The molecule has 0 heterocycles. The summed E-state index contributed by atoms with van der Waals surface area (Å²) in [5, 5.41) is 0. The molecule has 1 atom stereocenters. The van der Waals surface area contributed by atoms with Crippen LogP contribution in [0.2, 0.25) is 0 Å². The first-order chi connectivity index (χ1) is 8.08. The highest BCUT2D eigenvalue weighted by atomic mass is 79.9. The predicted molar refractivity (Wildman–Crippen MR) is 74.3 cm³/mol. The van der Waals surface area contributed by atoms with Gasteiger partial charge in [0, 0.05) is 11.6 Å². The molecule has 0 saturated heterocycles. The Morgan fingerprint density at radius 2 is 2.18 bits per heavy atom. The minimum atomic E-state index is 0.00240. The van der Waals surface area contributed by atoms with E-state index in [1.54, 1.807) is 0 Å². The summed E-state index contributed by atoms with van der Waals surface area (Å²) in [6.45, 7) is 4.89. The molecule has 2 nitrogen and oxygen atoms in total. The normalized spacial score (nSPS) is 17.6. The molecular weight excluding hydrogens is 278 g/mol. The summed E-state index contributed by atoms with van der Waals surface area (Å²) in [4.78, 5) is 0. The third-order valence-electron chi connectivity index (χ3n) is 3.40. The van der Waals surface area contributed by atoms with Gasteiger partial charge in [0.2, 0.25) is 0 Å². The molecule has 1 aromatic carbocycles. The van der Waals surface area contributed by atoms with Crippen molar-refractivity contribution in [1.82, 2.24) is 0 Å². The summed E-state index contributed by atoms with van der Waals surface area (Å²) in [5.41, 5.74) is 8.31. The highest BCUT2D eigenvalue weighted by Crippen LogP contribution is 2.35. The van der Waals surface area contributed by atoms with Crippen molar-refractivity contribution < 1.29 is 4.74 Å². The maximum atomic E-state index is 6.00. The molecule has 0 aliphatic heterocycles. The van der Waals surface area contributed by atoms with E-state index in [1.807, 2.05) is 6.92 Å². The second kappa shape index (κ2) is 5.40. The topological polar surface area (TPSA) is 35.2 Å². The molecule has 1 saturated carbocycles. The van der Waals surface area contributed by atoms with Gasteiger partial charge in [-0.2, -0.15) is 0 Å². The summed E-state index contributed by atoms with van der Waals surface area (Å²) >= 11 is 3.58. The molecule has 1 aromatic rings. The lowest BCUT2D eigenvalue weighted by atomic mass is 9.86. The molecule has 0 bridgehead atoms. The standard InChI is InChI=1S/C14H20BrNO/c1-9-6-12(10(2)16)14(13(15)7-9)17-8-11-4-3-5-11/h6-7,10-11H,3-5,8,16H2,1-2H3. The summed E-state index contributed by atoms with van der Waals surface area (Å²) in [7, 11) is 0. The lowest BCUT2D eigenvalue weighted by molar-refractivity contribution is 0.178. The summed E-state index contributed by atoms with van der Waals surface area (Å²) < 4.78 is 6.98. The van der Waals surface area contributed by atoms with Crippen LogP contribution in [-0.4, -0.2) is 6.61 Å². The third-order valence-corrected chi connectivity index (χ3v) is 3.98. The van der Waals surface area contributed by atoms with Gasteiger partial charge in [-0.25, -0.2) is 0 Å². The molecule has 0 spiro atoms. The zero-order valence-corrected chi connectivity index (χ0v) is 12.1. The lowest BCUT2D eigenvalue weighted by Crippen LogP contribution is -2.20. The Bertz CT molecular complexity index is 399. The first kappa shape index (κ1) is 12.9. The van der Waals surface area contributed by atoms with Crippen molar-refractivity contribution in [3.05, 3.63) is 27.7 Å². The van der Waals surface area contributed by atoms with Gasteiger partial charge in [0.05, 0.1) is 11.1 Å². The number of hydrogen-bond acceptors (Lipinski definition) is 2. The fourth-order valence-corrected chi connectivity index (χ4v) is 2.81. The molecule has 0 radical (unpaired) electrons. The molecule has 1 fully saturated rings. The molecule has 1 aliphatic carbocycles. The quantitative estimate of drug-likeness (QED) is 0.913. The lowest BCUT2D eigenvalue weighted by Gasteiger charge is -2.26. The van der Waals surface area contributed by atoms with Crippen molar-refractivity contribution in [2.75, 3.05) is 6.61 Å². The molecule has 0 amide bonds. The number of aryl methyl sites for hydroxylation is 1. The van der Waals surface area contributed by atoms with Gasteiger partial charge < -0.3 is 10.5 Å². The maximum Gasteiger partial charge on any atom is 0.138 e. The Morgan fingerprint density at radius 3 is 2.71 bits per heavy atom. The SMILES string of the molecule is Cc1cc(Br)c(OCC2CCC2)c(C(C)N)c1. The van der Waals surface area contributed by atoms with Crippen LogP contribution >= 0.6 is 15.9 Å². The van der Waals surface area contributed by atoms with E-state index in [0.717, 1.165) is 28.3 Å². The fraction of sp³-hybridized carbons (Fsp3) is 0.571. The Morgan fingerprint density at radius 1 is 1.47 bits per heavy atom. The largest absolute Gasteiger partial charge is 0.492 e. The number of ether oxygens (including phenoxy) is 1. The number of halogens is 1. The van der Waals surface area contributed by atoms with Crippen LogP contribution in [0.4, 0.5) is 0 Å². The third kappa shape index (κ3) is 3.02. The van der Waals surface area contributed by atoms with Gasteiger partial charge in [-0.3, -0.25) is 0 Å². The van der Waals surface area contributed by atoms with Crippen molar-refractivity contribution in [2.24, 2.45) is 11.7 Å². The Labute approximate surface area is 112 Å². The Balaban J connectivity index is 2.17. The molecule has 3 heteroatoms. The maximum absolute atomic E-state index is 6.00. The van der Waals surface area contributed by atoms with E-state index < -0.39 is 0 Å². The van der Waals surface area contributed by atoms with Gasteiger partial charge in [0.1, 0.15) is 5.75 Å². The average molecular weight is 298 g/mol. The summed E-state index contributed by atoms with van der Waals surface area (Å²) in [6.07, 6.45) is 3.96. The first-order valence-corrected chi connectivity index (χ1v) is 7.05. The van der Waals surface area contributed by atoms with Crippen LogP contribution in [0.3, 0.4) is 0 Å². The molecule has 17 heavy (non-hydrogen) atoms. The van der Waals surface area contributed by atoms with Crippen LogP contribution in [0, 0.1) is 12.8 Å². The minimum Gasteiger partial charge on any atom is -0.492 e. The van der Waals surface area contributed by atoms with E-state index in [0.29, 0.717) is 0 Å². The van der Waals surface area contributed by atoms with E-state index in [4.69, 9.17) is 10.5 Å². The minimum absolute atomic E-state index is 0.00240.